The lowest BCUT2D eigenvalue weighted by molar-refractivity contribution is 0.413. The molecule has 0 bridgehead atoms. The lowest BCUT2D eigenvalue weighted by Crippen LogP contribution is -2.43. The van der Waals surface area contributed by atoms with E-state index in [4.69, 9.17) is 14.7 Å². The van der Waals surface area contributed by atoms with E-state index in [1.165, 1.54) is 0 Å². The quantitative estimate of drug-likeness (QED) is 0.606. The summed E-state index contributed by atoms with van der Waals surface area (Å²) in [7, 11) is 3.76. The van der Waals surface area contributed by atoms with Crippen LogP contribution in [0.25, 0.3) is 5.69 Å². The zero-order chi connectivity index (χ0) is 23.3. The van der Waals surface area contributed by atoms with E-state index in [9.17, 15) is 0 Å². The highest BCUT2D eigenvalue weighted by Gasteiger charge is 2.39. The second kappa shape index (κ2) is 8.10. The van der Waals surface area contributed by atoms with Gasteiger partial charge in [-0.2, -0.15) is 4.98 Å². The summed E-state index contributed by atoms with van der Waals surface area (Å²) in [6.07, 6.45) is 6.02. The maximum absolute atomic E-state index is 5.67. The SMILES string of the molecule is C=C1C2CCCN2c2nc(Nc3ccc(-n4cnc(C)c4)c(OC)c3)nc(C(C)C)c2N1C. The molecule has 2 aliphatic rings. The number of nitrogens with zero attached hydrogens (tertiary/aromatic N) is 6. The zero-order valence-electron chi connectivity index (χ0n) is 20.0. The minimum atomic E-state index is 0.248. The van der Waals surface area contributed by atoms with Crippen LogP contribution in [0.15, 0.2) is 43.0 Å². The fourth-order valence-electron chi connectivity index (χ4n) is 4.82. The van der Waals surface area contributed by atoms with Gasteiger partial charge in [0.25, 0.3) is 0 Å². The molecule has 33 heavy (non-hydrogen) atoms. The number of aryl methyl sites for hydroxylation is 1. The molecule has 2 aliphatic heterocycles. The van der Waals surface area contributed by atoms with E-state index in [-0.39, 0.29) is 5.92 Å². The first kappa shape index (κ1) is 21.3. The molecule has 1 fully saturated rings. The summed E-state index contributed by atoms with van der Waals surface area (Å²) < 4.78 is 7.63. The van der Waals surface area contributed by atoms with Gasteiger partial charge in [-0.05, 0) is 37.8 Å². The minimum absolute atomic E-state index is 0.248. The van der Waals surface area contributed by atoms with E-state index in [2.05, 4.69) is 47.6 Å². The van der Waals surface area contributed by atoms with Gasteiger partial charge in [-0.15, -0.1) is 0 Å². The summed E-state index contributed by atoms with van der Waals surface area (Å²) in [4.78, 5) is 18.8. The summed E-state index contributed by atoms with van der Waals surface area (Å²) in [6.45, 7) is 11.7. The third kappa shape index (κ3) is 3.59. The van der Waals surface area contributed by atoms with Crippen LogP contribution in [0.3, 0.4) is 0 Å². The second-order valence-corrected chi connectivity index (χ2v) is 9.10. The lowest BCUT2D eigenvalue weighted by Gasteiger charge is -2.41. The molecule has 3 aromatic rings. The van der Waals surface area contributed by atoms with Crippen molar-refractivity contribution in [1.82, 2.24) is 19.5 Å². The van der Waals surface area contributed by atoms with E-state index in [0.29, 0.717) is 12.0 Å². The summed E-state index contributed by atoms with van der Waals surface area (Å²) in [5.41, 5.74) is 5.97. The van der Waals surface area contributed by atoms with E-state index >= 15 is 0 Å². The highest BCUT2D eigenvalue weighted by atomic mass is 16.5. The van der Waals surface area contributed by atoms with E-state index in [0.717, 1.165) is 65.1 Å². The number of benzene rings is 1. The fraction of sp³-hybridized carbons (Fsp3) is 0.400. The minimum Gasteiger partial charge on any atom is -0.494 e. The Hall–Kier alpha value is -3.55. The van der Waals surface area contributed by atoms with Crippen molar-refractivity contribution in [2.45, 2.75) is 45.6 Å². The number of hydrogen-bond donors (Lipinski definition) is 1. The molecule has 5 rings (SSSR count). The van der Waals surface area contributed by atoms with Crippen molar-refractivity contribution in [3.63, 3.8) is 0 Å². The average Bonchev–Trinajstić information content (AvgIpc) is 3.46. The topological polar surface area (TPSA) is 71.3 Å². The van der Waals surface area contributed by atoms with Crippen molar-refractivity contribution < 1.29 is 4.74 Å². The first-order valence-electron chi connectivity index (χ1n) is 11.4. The highest BCUT2D eigenvalue weighted by Crippen LogP contribution is 2.45. The van der Waals surface area contributed by atoms with Crippen LogP contribution in [-0.4, -0.2) is 46.3 Å². The van der Waals surface area contributed by atoms with Gasteiger partial charge in [0.2, 0.25) is 5.95 Å². The highest BCUT2D eigenvalue weighted by molar-refractivity contribution is 5.79. The van der Waals surface area contributed by atoms with Crippen molar-refractivity contribution in [3.05, 3.63) is 54.4 Å². The number of ether oxygens (including phenoxy) is 1. The van der Waals surface area contributed by atoms with Crippen molar-refractivity contribution in [2.75, 3.05) is 35.8 Å². The molecule has 1 aromatic carbocycles. The van der Waals surface area contributed by atoms with Crippen LogP contribution in [0.1, 0.15) is 44.0 Å². The first-order valence-corrected chi connectivity index (χ1v) is 11.4. The second-order valence-electron chi connectivity index (χ2n) is 9.10. The maximum Gasteiger partial charge on any atom is 0.229 e. The van der Waals surface area contributed by atoms with Crippen molar-refractivity contribution in [3.8, 4) is 11.4 Å². The molecule has 1 atom stereocenters. The molecule has 0 radical (unpaired) electrons. The molecule has 1 N–H and O–H groups in total. The van der Waals surface area contributed by atoms with Gasteiger partial charge >= 0.3 is 0 Å². The van der Waals surface area contributed by atoms with Crippen LogP contribution < -0.4 is 19.9 Å². The lowest BCUT2D eigenvalue weighted by atomic mass is 10.0. The molecule has 1 saturated heterocycles. The number of rotatable bonds is 5. The maximum atomic E-state index is 5.67. The number of likely N-dealkylation sites (N-methyl/N-ethyl adjacent to an activating group) is 1. The Morgan fingerprint density at radius 3 is 2.76 bits per heavy atom. The van der Waals surface area contributed by atoms with Gasteiger partial charge in [-0.3, -0.25) is 0 Å². The first-order chi connectivity index (χ1) is 15.9. The van der Waals surface area contributed by atoms with Crippen molar-refractivity contribution in [1.29, 1.82) is 0 Å². The van der Waals surface area contributed by atoms with E-state index in [1.54, 1.807) is 13.4 Å². The van der Waals surface area contributed by atoms with Gasteiger partial charge < -0.3 is 24.4 Å². The average molecular weight is 446 g/mol. The summed E-state index contributed by atoms with van der Waals surface area (Å²) in [5, 5.41) is 3.42. The molecule has 0 saturated carbocycles. The molecule has 2 aromatic heterocycles. The predicted molar refractivity (Wildman–Crippen MR) is 132 cm³/mol. The van der Waals surface area contributed by atoms with Gasteiger partial charge in [-0.25, -0.2) is 9.97 Å². The Balaban J connectivity index is 1.54. The number of imidazole rings is 1. The zero-order valence-corrected chi connectivity index (χ0v) is 20.0. The Kier molecular flexibility index (Phi) is 5.23. The molecule has 172 valence electrons. The van der Waals surface area contributed by atoms with E-state index < -0.39 is 0 Å². The molecule has 0 spiro atoms. The van der Waals surface area contributed by atoms with Gasteiger partial charge in [-0.1, -0.05) is 20.4 Å². The molecule has 4 heterocycles. The molecule has 8 heteroatoms. The largest absolute Gasteiger partial charge is 0.494 e. The molecular formula is C25H31N7O. The van der Waals surface area contributed by atoms with Crippen LogP contribution in [-0.2, 0) is 0 Å². The van der Waals surface area contributed by atoms with Gasteiger partial charge in [0.05, 0.1) is 36.6 Å². The van der Waals surface area contributed by atoms with Crippen LogP contribution in [0.4, 0.5) is 23.1 Å². The molecule has 8 nitrogen and oxygen atoms in total. The fourth-order valence-corrected chi connectivity index (χ4v) is 4.82. The third-order valence-electron chi connectivity index (χ3n) is 6.54. The Labute approximate surface area is 194 Å². The number of nitrogens with one attached hydrogen (secondary N) is 1. The molecular weight excluding hydrogens is 414 g/mol. The van der Waals surface area contributed by atoms with Gasteiger partial charge in [0, 0.05) is 37.2 Å². The predicted octanol–water partition coefficient (Wildman–Crippen LogP) is 4.78. The van der Waals surface area contributed by atoms with Crippen molar-refractivity contribution >= 4 is 23.1 Å². The number of anilines is 4. The van der Waals surface area contributed by atoms with Gasteiger partial charge in [0.15, 0.2) is 5.82 Å². The van der Waals surface area contributed by atoms with E-state index in [1.807, 2.05) is 35.9 Å². The Morgan fingerprint density at radius 2 is 2.06 bits per heavy atom. The Bertz CT molecular complexity index is 1220. The summed E-state index contributed by atoms with van der Waals surface area (Å²) >= 11 is 0. The number of aromatic nitrogens is 4. The standard InChI is InChI=1S/C25H31N7O/c1-15(2)22-23-24(32-11-7-8-19(32)17(4)30(23)5)29-25(28-22)27-18-9-10-20(21(12-18)33-6)31-13-16(3)26-14-31/h9-10,12-15,19H,4,7-8,11H2,1-3,5-6H3,(H,27,28,29). The number of fused-ring (bicyclic) bond motifs is 3. The normalized spacial score (nSPS) is 17.4. The Morgan fingerprint density at radius 1 is 1.24 bits per heavy atom. The monoisotopic (exact) mass is 445 g/mol. The number of methoxy groups -OCH3 is 1. The van der Waals surface area contributed by atoms with Gasteiger partial charge in [0.1, 0.15) is 11.4 Å². The molecule has 1 unspecified atom stereocenters. The molecule has 0 amide bonds. The number of hydrogen-bond acceptors (Lipinski definition) is 7. The van der Waals surface area contributed by atoms with Crippen LogP contribution in [0.5, 0.6) is 5.75 Å². The van der Waals surface area contributed by atoms with Crippen molar-refractivity contribution in [2.24, 2.45) is 0 Å². The third-order valence-corrected chi connectivity index (χ3v) is 6.54. The summed E-state index contributed by atoms with van der Waals surface area (Å²) in [5.74, 6) is 2.58. The molecule has 0 aliphatic carbocycles. The smallest absolute Gasteiger partial charge is 0.229 e. The van der Waals surface area contributed by atoms with Crippen LogP contribution in [0, 0.1) is 6.92 Å². The van der Waals surface area contributed by atoms with Crippen LogP contribution >= 0.6 is 0 Å². The summed E-state index contributed by atoms with van der Waals surface area (Å²) in [6, 6.07) is 6.30. The van der Waals surface area contributed by atoms with Crippen LogP contribution in [0.2, 0.25) is 0 Å².